The fourth-order valence-corrected chi connectivity index (χ4v) is 1.34. The molecule has 2 unspecified atom stereocenters. The first kappa shape index (κ1) is 11.8. The first-order valence-corrected chi connectivity index (χ1v) is 5.82. The van der Waals surface area contributed by atoms with E-state index < -0.39 is 14.2 Å². The topological polar surface area (TPSA) is 72.5 Å². The number of carbonyl (C=O) groups excluding carboxylic acids is 1. The lowest BCUT2D eigenvalue weighted by Crippen LogP contribution is -2.32. The summed E-state index contributed by atoms with van der Waals surface area (Å²) in [5.41, 5.74) is 5.48. The average Bonchev–Trinajstić information content (AvgIpc) is 2.00. The summed E-state index contributed by atoms with van der Waals surface area (Å²) in [6.45, 7) is 3.82. The highest BCUT2D eigenvalue weighted by molar-refractivity contribution is 7.50. The standard InChI is InChI=1S/C7H16NO3P/c1-3-11-7(9)6(8)4-5-12(2)10/h6,10H,3-5,8H2,1-2H3. The van der Waals surface area contributed by atoms with Crippen molar-refractivity contribution in [2.75, 3.05) is 19.4 Å². The van der Waals surface area contributed by atoms with Crippen molar-refractivity contribution in [3.8, 4) is 0 Å². The van der Waals surface area contributed by atoms with Gasteiger partial charge in [0, 0.05) is 8.15 Å². The lowest BCUT2D eigenvalue weighted by molar-refractivity contribution is -0.144. The minimum atomic E-state index is -0.955. The van der Waals surface area contributed by atoms with Gasteiger partial charge in [-0.15, -0.1) is 0 Å². The van der Waals surface area contributed by atoms with E-state index in [1.54, 1.807) is 13.6 Å². The summed E-state index contributed by atoms with van der Waals surface area (Å²) in [6, 6.07) is -0.581. The van der Waals surface area contributed by atoms with E-state index in [-0.39, 0.29) is 5.97 Å². The quantitative estimate of drug-likeness (QED) is 0.486. The highest BCUT2D eigenvalue weighted by Gasteiger charge is 2.14. The van der Waals surface area contributed by atoms with E-state index in [1.165, 1.54) is 0 Å². The maximum Gasteiger partial charge on any atom is 0.322 e. The van der Waals surface area contributed by atoms with Crippen LogP contribution in [0.4, 0.5) is 0 Å². The van der Waals surface area contributed by atoms with Gasteiger partial charge in [-0.3, -0.25) is 4.79 Å². The van der Waals surface area contributed by atoms with E-state index in [9.17, 15) is 4.79 Å². The van der Waals surface area contributed by atoms with E-state index in [1.807, 2.05) is 0 Å². The lowest BCUT2D eigenvalue weighted by Gasteiger charge is -2.10. The van der Waals surface area contributed by atoms with Crippen LogP contribution in [0.15, 0.2) is 0 Å². The van der Waals surface area contributed by atoms with E-state index in [0.717, 1.165) is 0 Å². The summed E-state index contributed by atoms with van der Waals surface area (Å²) in [6.07, 6.45) is 1.09. The number of ether oxygens (including phenoxy) is 1. The summed E-state index contributed by atoms with van der Waals surface area (Å²) in [5, 5.41) is 0. The molecule has 0 aliphatic heterocycles. The Morgan fingerprint density at radius 2 is 2.33 bits per heavy atom. The monoisotopic (exact) mass is 193 g/mol. The number of hydrogen-bond acceptors (Lipinski definition) is 4. The minimum absolute atomic E-state index is 0.354. The molecule has 0 bridgehead atoms. The van der Waals surface area contributed by atoms with Gasteiger partial charge in [-0.2, -0.15) is 0 Å². The third-order valence-electron chi connectivity index (χ3n) is 1.35. The number of carbonyl (C=O) groups is 1. The van der Waals surface area contributed by atoms with Gasteiger partial charge in [0.15, 0.2) is 0 Å². The van der Waals surface area contributed by atoms with Crippen LogP contribution >= 0.6 is 8.15 Å². The number of rotatable bonds is 5. The van der Waals surface area contributed by atoms with Crippen LogP contribution in [0.25, 0.3) is 0 Å². The molecule has 5 heteroatoms. The predicted octanol–water partition coefficient (Wildman–Crippen LogP) is 0.286. The van der Waals surface area contributed by atoms with Crippen molar-refractivity contribution < 1.29 is 14.4 Å². The molecule has 0 spiro atoms. The molecule has 0 radical (unpaired) electrons. The van der Waals surface area contributed by atoms with Crippen LogP contribution in [0.2, 0.25) is 0 Å². The van der Waals surface area contributed by atoms with Crippen molar-refractivity contribution in [3.63, 3.8) is 0 Å². The van der Waals surface area contributed by atoms with Crippen LogP contribution in [0.1, 0.15) is 13.3 Å². The Bertz CT molecular complexity index is 141. The number of esters is 1. The van der Waals surface area contributed by atoms with Gasteiger partial charge in [0.25, 0.3) is 0 Å². The molecule has 0 saturated heterocycles. The molecule has 0 aromatic heterocycles. The van der Waals surface area contributed by atoms with Crippen molar-refractivity contribution in [2.45, 2.75) is 19.4 Å². The largest absolute Gasteiger partial charge is 0.465 e. The molecule has 0 saturated carbocycles. The summed E-state index contributed by atoms with van der Waals surface area (Å²) in [5.74, 6) is -0.380. The van der Waals surface area contributed by atoms with E-state index in [4.69, 9.17) is 15.4 Å². The molecule has 0 rings (SSSR count). The van der Waals surface area contributed by atoms with Crippen molar-refractivity contribution in [1.29, 1.82) is 0 Å². The fraction of sp³-hybridized carbons (Fsp3) is 0.857. The van der Waals surface area contributed by atoms with Crippen LogP contribution in [-0.2, 0) is 9.53 Å². The Kier molecular flexibility index (Phi) is 6.25. The molecule has 2 atom stereocenters. The van der Waals surface area contributed by atoms with Crippen LogP contribution in [-0.4, -0.2) is 36.3 Å². The Labute approximate surface area is 73.9 Å². The normalized spacial score (nSPS) is 15.3. The fourth-order valence-electron chi connectivity index (χ4n) is 0.693. The number of hydrogen-bond donors (Lipinski definition) is 2. The maximum atomic E-state index is 10.9. The van der Waals surface area contributed by atoms with Gasteiger partial charge in [0.2, 0.25) is 0 Å². The van der Waals surface area contributed by atoms with Gasteiger partial charge in [-0.1, -0.05) is 0 Å². The van der Waals surface area contributed by atoms with Gasteiger partial charge >= 0.3 is 5.97 Å². The van der Waals surface area contributed by atoms with E-state index >= 15 is 0 Å². The third-order valence-corrected chi connectivity index (χ3v) is 2.26. The molecule has 0 heterocycles. The molecular weight excluding hydrogens is 177 g/mol. The second-order valence-corrected chi connectivity index (χ2v) is 4.29. The molecule has 3 N–H and O–H groups in total. The zero-order valence-electron chi connectivity index (χ0n) is 7.49. The van der Waals surface area contributed by atoms with E-state index in [0.29, 0.717) is 19.2 Å². The maximum absolute atomic E-state index is 10.9. The highest BCUT2D eigenvalue weighted by Crippen LogP contribution is 2.24. The molecule has 0 aromatic rings. The SMILES string of the molecule is CCOC(=O)C(N)CCP(C)O. The van der Waals surface area contributed by atoms with Crippen molar-refractivity contribution in [2.24, 2.45) is 5.73 Å². The van der Waals surface area contributed by atoms with Gasteiger partial charge in [0.05, 0.1) is 6.61 Å². The summed E-state index contributed by atoms with van der Waals surface area (Å²) in [7, 11) is -0.955. The van der Waals surface area contributed by atoms with Gasteiger partial charge in [-0.25, -0.2) is 0 Å². The molecule has 0 aliphatic carbocycles. The van der Waals surface area contributed by atoms with Crippen LogP contribution in [0.5, 0.6) is 0 Å². The zero-order valence-corrected chi connectivity index (χ0v) is 8.38. The molecule has 0 amide bonds. The van der Waals surface area contributed by atoms with Crippen LogP contribution < -0.4 is 5.73 Å². The van der Waals surface area contributed by atoms with Gasteiger partial charge < -0.3 is 15.4 Å². The van der Waals surface area contributed by atoms with Crippen molar-refractivity contribution in [1.82, 2.24) is 0 Å². The van der Waals surface area contributed by atoms with Gasteiger partial charge in [0.1, 0.15) is 6.04 Å². The molecule has 4 nitrogen and oxygen atoms in total. The zero-order chi connectivity index (χ0) is 9.56. The highest BCUT2D eigenvalue weighted by atomic mass is 31.1. The molecule has 0 aromatic carbocycles. The average molecular weight is 193 g/mol. The first-order chi connectivity index (χ1) is 5.57. The summed E-state index contributed by atoms with van der Waals surface area (Å²) < 4.78 is 4.70. The second-order valence-electron chi connectivity index (χ2n) is 2.53. The van der Waals surface area contributed by atoms with Crippen molar-refractivity contribution in [3.05, 3.63) is 0 Å². The molecule has 0 aliphatic rings. The number of nitrogens with two attached hydrogens (primary N) is 1. The third kappa shape index (κ3) is 5.47. The molecule has 0 fully saturated rings. The Morgan fingerprint density at radius 3 is 2.75 bits per heavy atom. The predicted molar refractivity (Wildman–Crippen MR) is 49.2 cm³/mol. The summed E-state index contributed by atoms with van der Waals surface area (Å²) in [4.78, 5) is 19.9. The van der Waals surface area contributed by atoms with Gasteiger partial charge in [-0.05, 0) is 26.2 Å². The Balaban J connectivity index is 3.56. The molecule has 72 valence electrons. The minimum Gasteiger partial charge on any atom is -0.465 e. The summed E-state index contributed by atoms with van der Waals surface area (Å²) >= 11 is 0. The molecular formula is C7H16NO3P. The second kappa shape index (κ2) is 6.35. The smallest absolute Gasteiger partial charge is 0.322 e. The first-order valence-electron chi connectivity index (χ1n) is 3.90. The van der Waals surface area contributed by atoms with E-state index in [2.05, 4.69) is 0 Å². The lowest BCUT2D eigenvalue weighted by atomic mass is 10.2. The Morgan fingerprint density at radius 1 is 1.75 bits per heavy atom. The van der Waals surface area contributed by atoms with Crippen LogP contribution in [0, 0.1) is 0 Å². The van der Waals surface area contributed by atoms with Crippen LogP contribution in [0.3, 0.4) is 0 Å². The molecule has 12 heavy (non-hydrogen) atoms. The Hall–Kier alpha value is -0.180. The van der Waals surface area contributed by atoms with Crippen molar-refractivity contribution >= 4 is 14.1 Å².